The predicted molar refractivity (Wildman–Crippen MR) is 179 cm³/mol. The molecule has 1 N–H and O–H groups in total. The number of carbonyl (C=O) groups excluding carboxylic acids is 1. The van der Waals surface area contributed by atoms with Gasteiger partial charge in [0.15, 0.2) is 17.3 Å². The summed E-state index contributed by atoms with van der Waals surface area (Å²) < 4.78 is 106. The van der Waals surface area contributed by atoms with Crippen LogP contribution < -0.4 is 20.3 Å². The molecule has 4 aromatic rings. The fraction of sp³-hybridized carbons (Fsp3) is 0.351. The van der Waals surface area contributed by atoms with E-state index in [4.69, 9.17) is 14.2 Å². The molecule has 0 spiro atoms. The third kappa shape index (κ3) is 7.16. The molecule has 0 saturated carbocycles. The van der Waals surface area contributed by atoms with Crippen LogP contribution in [0.15, 0.2) is 70.5 Å². The van der Waals surface area contributed by atoms with Gasteiger partial charge < -0.3 is 19.5 Å². The fourth-order valence-corrected chi connectivity index (χ4v) is 8.52. The van der Waals surface area contributed by atoms with Crippen molar-refractivity contribution in [3.8, 4) is 22.6 Å². The molecule has 6 rings (SSSR count). The number of fused-ring (bicyclic) bond motifs is 2. The lowest BCUT2D eigenvalue weighted by molar-refractivity contribution is -0.143. The number of esters is 1. The smallest absolute Gasteiger partial charge is 0.416 e. The molecule has 0 radical (unpaired) electrons. The minimum Gasteiger partial charge on any atom is -0.486 e. The maximum Gasteiger partial charge on any atom is 0.416 e. The zero-order valence-electron chi connectivity index (χ0n) is 27.8. The van der Waals surface area contributed by atoms with Crippen LogP contribution in [0.1, 0.15) is 59.7 Å². The first-order valence-electron chi connectivity index (χ1n) is 16.5. The summed E-state index contributed by atoms with van der Waals surface area (Å²) in [6.45, 7) is 3.89. The number of nitrogens with zero attached hydrogens (tertiary/aromatic N) is 1. The lowest BCUT2D eigenvalue weighted by atomic mass is 9.91. The van der Waals surface area contributed by atoms with Crippen LogP contribution in [0.5, 0.6) is 11.5 Å². The Morgan fingerprint density at radius 3 is 2.51 bits per heavy atom. The topological polar surface area (TPSA) is 95.9 Å². The fourth-order valence-electron chi connectivity index (χ4n) is 6.77. The summed E-state index contributed by atoms with van der Waals surface area (Å²) in [7, 11) is -1.94. The summed E-state index contributed by atoms with van der Waals surface area (Å²) in [5.74, 6) is -2.64. The largest absolute Gasteiger partial charge is 0.486 e. The Kier molecular flexibility index (Phi) is 10.6. The number of ether oxygens (including phenoxy) is 3. The van der Waals surface area contributed by atoms with Gasteiger partial charge in [-0.25, -0.2) is 8.78 Å². The van der Waals surface area contributed by atoms with Crippen LogP contribution in [0.4, 0.5) is 22.0 Å². The first kappa shape index (κ1) is 36.2. The lowest BCUT2D eigenvalue weighted by Gasteiger charge is -2.28. The number of rotatable bonds is 11. The number of alkyl halides is 3. The highest BCUT2D eigenvalue weighted by molar-refractivity contribution is 7.85. The molecule has 3 heterocycles. The van der Waals surface area contributed by atoms with Gasteiger partial charge in [0.25, 0.3) is 5.56 Å². The van der Waals surface area contributed by atoms with Gasteiger partial charge >= 0.3 is 12.1 Å². The number of benzene rings is 3. The minimum atomic E-state index is -4.92. The molecule has 0 aliphatic carbocycles. The molecule has 0 saturated heterocycles. The monoisotopic (exact) mass is 730 g/mol. The number of halogens is 5. The molecule has 2 aliphatic rings. The molecule has 0 amide bonds. The van der Waals surface area contributed by atoms with Crippen molar-refractivity contribution in [2.45, 2.75) is 56.4 Å². The molecule has 3 atom stereocenters. The lowest BCUT2D eigenvalue weighted by Crippen LogP contribution is -2.36. The average Bonchev–Trinajstić information content (AvgIpc) is 3.44. The SMILES string of the molecule is CCOC(=O)CCCNC(c1ccccc1)C1CS(=O)c2c(Cc3c(F)cccc3C(F)(F)F)c(C)c(-c3ccc4c(c3F)OCCO4)c(=O)n21. The van der Waals surface area contributed by atoms with E-state index in [1.54, 1.807) is 37.3 Å². The van der Waals surface area contributed by atoms with E-state index in [1.165, 1.54) is 23.6 Å². The van der Waals surface area contributed by atoms with E-state index in [-0.39, 0.29) is 83.3 Å². The van der Waals surface area contributed by atoms with Gasteiger partial charge in [-0.05, 0) is 67.8 Å². The van der Waals surface area contributed by atoms with Crippen LogP contribution in [0.25, 0.3) is 11.1 Å². The second kappa shape index (κ2) is 15.0. The Bertz CT molecular complexity index is 2040. The molecule has 1 aromatic heterocycles. The van der Waals surface area contributed by atoms with E-state index in [0.29, 0.717) is 12.0 Å². The highest BCUT2D eigenvalue weighted by atomic mass is 32.2. The molecule has 2 aliphatic heterocycles. The van der Waals surface area contributed by atoms with E-state index < -0.39 is 63.8 Å². The van der Waals surface area contributed by atoms with E-state index in [1.807, 2.05) is 0 Å². The zero-order valence-corrected chi connectivity index (χ0v) is 28.6. The van der Waals surface area contributed by atoms with Crippen LogP contribution >= 0.6 is 0 Å². The number of nitrogens with one attached hydrogen (secondary N) is 1. The van der Waals surface area contributed by atoms with Crippen LogP contribution in [-0.4, -0.2) is 46.9 Å². The molecule has 0 bridgehead atoms. The van der Waals surface area contributed by atoms with E-state index in [2.05, 4.69) is 5.32 Å². The quantitative estimate of drug-likeness (QED) is 0.103. The van der Waals surface area contributed by atoms with E-state index in [9.17, 15) is 27.0 Å². The average molecular weight is 731 g/mol. The Balaban J connectivity index is 1.56. The van der Waals surface area contributed by atoms with Gasteiger partial charge in [-0.1, -0.05) is 36.4 Å². The molecule has 0 fully saturated rings. The van der Waals surface area contributed by atoms with Crippen molar-refractivity contribution >= 4 is 16.8 Å². The summed E-state index contributed by atoms with van der Waals surface area (Å²) in [6.07, 6.45) is -5.10. The van der Waals surface area contributed by atoms with Crippen LogP contribution in [0.2, 0.25) is 0 Å². The summed E-state index contributed by atoms with van der Waals surface area (Å²) >= 11 is 0. The number of carbonyl (C=O) groups is 1. The minimum absolute atomic E-state index is 0.0180. The van der Waals surface area contributed by atoms with Gasteiger partial charge in [-0.3, -0.25) is 18.4 Å². The molecule has 8 nitrogen and oxygen atoms in total. The highest BCUT2D eigenvalue weighted by Gasteiger charge is 2.41. The zero-order chi connectivity index (χ0) is 36.4. The van der Waals surface area contributed by atoms with Crippen molar-refractivity contribution in [1.29, 1.82) is 0 Å². The van der Waals surface area contributed by atoms with Gasteiger partial charge in [0, 0.05) is 24.0 Å². The Morgan fingerprint density at radius 1 is 1.04 bits per heavy atom. The van der Waals surface area contributed by atoms with Crippen molar-refractivity contribution in [2.24, 2.45) is 0 Å². The molecule has 3 aromatic carbocycles. The van der Waals surface area contributed by atoms with Crippen molar-refractivity contribution in [1.82, 2.24) is 9.88 Å². The van der Waals surface area contributed by atoms with E-state index >= 15 is 8.78 Å². The van der Waals surface area contributed by atoms with Gasteiger partial charge in [0.05, 0.1) is 46.4 Å². The Morgan fingerprint density at radius 2 is 1.78 bits per heavy atom. The predicted octanol–water partition coefficient (Wildman–Crippen LogP) is 6.82. The summed E-state index contributed by atoms with van der Waals surface area (Å²) in [5.41, 5.74) is -2.24. The molecule has 270 valence electrons. The number of aromatic nitrogens is 1. The van der Waals surface area contributed by atoms with Gasteiger partial charge in [-0.15, -0.1) is 0 Å². The number of hydrogen-bond acceptors (Lipinski definition) is 7. The van der Waals surface area contributed by atoms with Crippen LogP contribution in [0, 0.1) is 18.6 Å². The second-order valence-electron chi connectivity index (χ2n) is 12.2. The van der Waals surface area contributed by atoms with Gasteiger partial charge in [0.2, 0.25) is 0 Å². The molecule has 3 unspecified atom stereocenters. The van der Waals surface area contributed by atoms with Crippen molar-refractivity contribution in [3.05, 3.63) is 110 Å². The van der Waals surface area contributed by atoms with Crippen LogP contribution in [-0.2, 0) is 32.9 Å². The third-order valence-electron chi connectivity index (χ3n) is 9.07. The van der Waals surface area contributed by atoms with Crippen LogP contribution in [0.3, 0.4) is 0 Å². The summed E-state index contributed by atoms with van der Waals surface area (Å²) in [4.78, 5) is 26.7. The Hall–Kier alpha value is -4.56. The van der Waals surface area contributed by atoms with Crippen molar-refractivity contribution < 1.29 is 45.2 Å². The number of hydrogen-bond donors (Lipinski definition) is 1. The summed E-state index contributed by atoms with van der Waals surface area (Å²) in [6, 6.07) is 12.8. The summed E-state index contributed by atoms with van der Waals surface area (Å²) in [5, 5.41) is 3.32. The maximum absolute atomic E-state index is 16.2. The van der Waals surface area contributed by atoms with E-state index in [0.717, 1.165) is 18.2 Å². The molecule has 51 heavy (non-hydrogen) atoms. The van der Waals surface area contributed by atoms with Gasteiger partial charge in [0.1, 0.15) is 24.1 Å². The standard InChI is InChI=1S/C37H35F5N2O6S/c1-3-48-30(45)13-8-16-43-33(22-9-5-4-6-10-22)28-20-51(47)36-24(19-25-26(37(40,41)42)11-7-12-27(25)38)21(2)31(35(46)44(28)36)23-14-15-29-34(32(23)39)50-18-17-49-29/h4-7,9-12,14-15,28,33,43H,3,8,13,16-20H2,1-2H3. The number of pyridine rings is 1. The Labute approximate surface area is 293 Å². The molecule has 14 heteroatoms. The molecular formula is C37H35F5N2O6S. The normalized spacial score (nSPS) is 17.2. The van der Waals surface area contributed by atoms with Crippen molar-refractivity contribution in [2.75, 3.05) is 32.1 Å². The van der Waals surface area contributed by atoms with Crippen molar-refractivity contribution in [3.63, 3.8) is 0 Å². The van der Waals surface area contributed by atoms with Gasteiger partial charge in [-0.2, -0.15) is 13.2 Å². The highest BCUT2D eigenvalue weighted by Crippen LogP contribution is 2.43. The first-order valence-corrected chi connectivity index (χ1v) is 17.8. The second-order valence-corrected chi connectivity index (χ2v) is 13.6. The first-order chi connectivity index (χ1) is 24.4. The maximum atomic E-state index is 16.2. The molecular weight excluding hydrogens is 695 g/mol. The third-order valence-corrected chi connectivity index (χ3v) is 10.6.